The zero-order chi connectivity index (χ0) is 18.0. The predicted octanol–water partition coefficient (Wildman–Crippen LogP) is 3.08. The number of hydrogen-bond acceptors (Lipinski definition) is 4. The molecule has 2 aromatic rings. The molecule has 1 aromatic heterocycles. The Morgan fingerprint density at radius 2 is 1.80 bits per heavy atom. The minimum absolute atomic E-state index is 0.102. The Bertz CT molecular complexity index is 845. The minimum atomic E-state index is -3.38. The first-order valence-corrected chi connectivity index (χ1v) is 10.6. The van der Waals surface area contributed by atoms with Crippen LogP contribution in [-0.2, 0) is 16.6 Å². The molecular weight excluding hydrogens is 356 g/mol. The Morgan fingerprint density at radius 3 is 2.36 bits per heavy atom. The van der Waals surface area contributed by atoms with Crippen molar-refractivity contribution in [3.8, 4) is 0 Å². The number of nitrogens with zero attached hydrogens (tertiary/aromatic N) is 1. The van der Waals surface area contributed by atoms with E-state index in [9.17, 15) is 13.2 Å². The van der Waals surface area contributed by atoms with E-state index in [4.69, 9.17) is 0 Å². The van der Waals surface area contributed by atoms with Crippen LogP contribution in [0.3, 0.4) is 0 Å². The van der Waals surface area contributed by atoms with Crippen molar-refractivity contribution in [2.75, 3.05) is 13.1 Å². The lowest BCUT2D eigenvalue weighted by Gasteiger charge is -2.15. The second-order valence-electron chi connectivity index (χ2n) is 6.29. The highest BCUT2D eigenvalue weighted by Gasteiger charge is 2.26. The molecule has 0 spiro atoms. The molecule has 25 heavy (non-hydrogen) atoms. The molecule has 1 amide bonds. The van der Waals surface area contributed by atoms with Crippen LogP contribution in [0.5, 0.6) is 0 Å². The van der Waals surface area contributed by atoms with Gasteiger partial charge < -0.3 is 5.32 Å². The van der Waals surface area contributed by atoms with Gasteiger partial charge in [0.05, 0.1) is 9.77 Å². The Balaban J connectivity index is 1.63. The maximum absolute atomic E-state index is 12.5. The maximum atomic E-state index is 12.5. The van der Waals surface area contributed by atoms with E-state index in [0.717, 1.165) is 28.8 Å². The predicted molar refractivity (Wildman–Crippen MR) is 99.4 cm³/mol. The van der Waals surface area contributed by atoms with Crippen LogP contribution in [0, 0.1) is 13.8 Å². The van der Waals surface area contributed by atoms with Crippen molar-refractivity contribution in [3.05, 3.63) is 51.2 Å². The van der Waals surface area contributed by atoms with E-state index in [0.29, 0.717) is 29.4 Å². The summed E-state index contributed by atoms with van der Waals surface area (Å²) in [6.45, 7) is 5.55. The van der Waals surface area contributed by atoms with Crippen LogP contribution >= 0.6 is 11.3 Å². The quantitative estimate of drug-likeness (QED) is 0.869. The number of rotatable bonds is 5. The third-order valence-electron chi connectivity index (χ3n) is 4.47. The topological polar surface area (TPSA) is 66.5 Å². The number of aryl methyl sites for hydroxylation is 2. The van der Waals surface area contributed by atoms with Crippen LogP contribution in [0.25, 0.3) is 0 Å². The molecule has 1 aliphatic rings. The zero-order valence-corrected chi connectivity index (χ0v) is 16.0. The summed E-state index contributed by atoms with van der Waals surface area (Å²) in [5, 5.41) is 2.88. The molecule has 0 bridgehead atoms. The number of amides is 1. The van der Waals surface area contributed by atoms with Crippen molar-refractivity contribution < 1.29 is 13.2 Å². The molecule has 1 aromatic carbocycles. The summed E-state index contributed by atoms with van der Waals surface area (Å²) in [6.07, 6.45) is 1.84. The maximum Gasteiger partial charge on any atom is 0.261 e. The molecule has 134 valence electrons. The van der Waals surface area contributed by atoms with Gasteiger partial charge in [-0.25, -0.2) is 8.42 Å². The molecule has 0 unspecified atom stereocenters. The van der Waals surface area contributed by atoms with Crippen molar-refractivity contribution in [2.24, 2.45) is 0 Å². The molecular formula is C18H22N2O3S2. The average Bonchev–Trinajstić information content (AvgIpc) is 3.24. The van der Waals surface area contributed by atoms with E-state index < -0.39 is 10.0 Å². The van der Waals surface area contributed by atoms with Crippen LogP contribution in [0.2, 0.25) is 0 Å². The van der Waals surface area contributed by atoms with E-state index in [1.165, 1.54) is 15.6 Å². The van der Waals surface area contributed by atoms with Crippen LogP contribution in [-0.4, -0.2) is 31.7 Å². The second-order valence-corrected chi connectivity index (χ2v) is 9.48. The average molecular weight is 379 g/mol. The molecule has 0 radical (unpaired) electrons. The summed E-state index contributed by atoms with van der Waals surface area (Å²) in [6, 6.07) is 8.65. The first kappa shape index (κ1) is 18.1. The van der Waals surface area contributed by atoms with Crippen molar-refractivity contribution in [2.45, 2.75) is 38.1 Å². The number of thiophene rings is 1. The lowest BCUT2D eigenvalue weighted by molar-refractivity contribution is 0.0955. The van der Waals surface area contributed by atoms with Gasteiger partial charge in [-0.3, -0.25) is 4.79 Å². The number of hydrogen-bond donors (Lipinski definition) is 1. The van der Waals surface area contributed by atoms with Crippen molar-refractivity contribution in [3.63, 3.8) is 0 Å². The summed E-state index contributed by atoms with van der Waals surface area (Å²) >= 11 is 1.48. The summed E-state index contributed by atoms with van der Waals surface area (Å²) in [5.41, 5.74) is 1.99. The first-order chi connectivity index (χ1) is 11.9. The SMILES string of the molecule is Cc1cc(C(=O)NCc2ccc(S(=O)(=O)N3CCCC3)cc2)sc1C. The van der Waals surface area contributed by atoms with Crippen LogP contribution in [0.1, 0.15) is 38.5 Å². The Kier molecular flexibility index (Phi) is 5.27. The Hall–Kier alpha value is -1.70. The molecule has 1 fully saturated rings. The van der Waals surface area contributed by atoms with Gasteiger partial charge in [0.15, 0.2) is 0 Å². The Morgan fingerprint density at radius 1 is 1.16 bits per heavy atom. The molecule has 2 heterocycles. The number of carbonyl (C=O) groups excluding carboxylic acids is 1. The molecule has 1 aliphatic heterocycles. The molecule has 7 heteroatoms. The zero-order valence-electron chi connectivity index (χ0n) is 14.4. The lowest BCUT2D eigenvalue weighted by atomic mass is 10.2. The largest absolute Gasteiger partial charge is 0.347 e. The first-order valence-electron chi connectivity index (χ1n) is 8.32. The minimum Gasteiger partial charge on any atom is -0.347 e. The highest BCUT2D eigenvalue weighted by atomic mass is 32.2. The molecule has 1 N–H and O–H groups in total. The third-order valence-corrected chi connectivity index (χ3v) is 7.53. The summed E-state index contributed by atoms with van der Waals surface area (Å²) < 4.78 is 26.5. The molecule has 5 nitrogen and oxygen atoms in total. The third kappa shape index (κ3) is 3.94. The molecule has 0 atom stereocenters. The standard InChI is InChI=1S/C18H22N2O3S2/c1-13-11-17(24-14(13)2)18(21)19-12-15-5-7-16(8-6-15)25(22,23)20-9-3-4-10-20/h5-8,11H,3-4,9-10,12H2,1-2H3,(H,19,21). The molecule has 1 saturated heterocycles. The number of nitrogens with one attached hydrogen (secondary N) is 1. The van der Waals surface area contributed by atoms with Crippen LogP contribution in [0.4, 0.5) is 0 Å². The van der Waals surface area contributed by atoms with E-state index in [-0.39, 0.29) is 5.91 Å². The van der Waals surface area contributed by atoms with Gasteiger partial charge in [0.1, 0.15) is 0 Å². The number of carbonyl (C=O) groups is 1. The normalized spacial score (nSPS) is 15.4. The fourth-order valence-electron chi connectivity index (χ4n) is 2.81. The van der Waals surface area contributed by atoms with E-state index >= 15 is 0 Å². The highest BCUT2D eigenvalue weighted by molar-refractivity contribution is 7.89. The van der Waals surface area contributed by atoms with E-state index in [1.54, 1.807) is 24.3 Å². The second kappa shape index (κ2) is 7.27. The Labute approximate surface area is 152 Å². The molecule has 3 rings (SSSR count). The van der Waals surface area contributed by atoms with E-state index in [1.807, 2.05) is 19.9 Å². The van der Waals surface area contributed by atoms with Gasteiger partial charge >= 0.3 is 0 Å². The fourth-order valence-corrected chi connectivity index (χ4v) is 5.28. The van der Waals surface area contributed by atoms with Gasteiger partial charge in [-0.15, -0.1) is 11.3 Å². The van der Waals surface area contributed by atoms with Gasteiger partial charge in [-0.05, 0) is 56.0 Å². The summed E-state index contributed by atoms with van der Waals surface area (Å²) in [7, 11) is -3.38. The van der Waals surface area contributed by atoms with Gasteiger partial charge in [0.2, 0.25) is 10.0 Å². The summed E-state index contributed by atoms with van der Waals surface area (Å²) in [4.78, 5) is 14.3. The lowest BCUT2D eigenvalue weighted by Crippen LogP contribution is -2.27. The molecule has 0 saturated carbocycles. The van der Waals surface area contributed by atoms with Crippen LogP contribution < -0.4 is 5.32 Å². The monoisotopic (exact) mass is 378 g/mol. The summed E-state index contributed by atoms with van der Waals surface area (Å²) in [5.74, 6) is -0.102. The van der Waals surface area contributed by atoms with Crippen molar-refractivity contribution in [1.29, 1.82) is 0 Å². The van der Waals surface area contributed by atoms with Crippen molar-refractivity contribution in [1.82, 2.24) is 9.62 Å². The smallest absolute Gasteiger partial charge is 0.261 e. The van der Waals surface area contributed by atoms with Crippen LogP contribution in [0.15, 0.2) is 35.2 Å². The van der Waals surface area contributed by atoms with Gasteiger partial charge in [-0.1, -0.05) is 12.1 Å². The fraction of sp³-hybridized carbons (Fsp3) is 0.389. The number of benzene rings is 1. The highest BCUT2D eigenvalue weighted by Crippen LogP contribution is 2.22. The number of sulfonamides is 1. The van der Waals surface area contributed by atoms with Gasteiger partial charge in [-0.2, -0.15) is 4.31 Å². The van der Waals surface area contributed by atoms with Gasteiger partial charge in [0.25, 0.3) is 5.91 Å². The van der Waals surface area contributed by atoms with Gasteiger partial charge in [0, 0.05) is 24.5 Å². The van der Waals surface area contributed by atoms with E-state index in [2.05, 4.69) is 5.32 Å². The van der Waals surface area contributed by atoms with Crippen molar-refractivity contribution >= 4 is 27.3 Å². The molecule has 0 aliphatic carbocycles.